The molecule has 4 nitrogen and oxygen atoms in total. The topological polar surface area (TPSA) is 50.4 Å². The first-order valence-corrected chi connectivity index (χ1v) is 8.08. The Morgan fingerprint density at radius 2 is 1.44 bits per heavy atom. The Morgan fingerprint density at radius 3 is 2.12 bits per heavy atom. The van der Waals surface area contributed by atoms with Crippen molar-refractivity contribution in [3.63, 3.8) is 0 Å². The summed E-state index contributed by atoms with van der Waals surface area (Å²) in [6.45, 7) is 0. The SMILES string of the molecule is COC(=O)c1ccccc1C(NNc1ccccc1)c1ccccc1. The van der Waals surface area contributed by atoms with Crippen LogP contribution in [-0.2, 0) is 4.74 Å². The van der Waals surface area contributed by atoms with Crippen molar-refractivity contribution in [1.82, 2.24) is 5.43 Å². The molecule has 2 N–H and O–H groups in total. The fourth-order valence-electron chi connectivity index (χ4n) is 2.71. The van der Waals surface area contributed by atoms with Gasteiger partial charge in [0, 0.05) is 5.69 Å². The third-order valence-electron chi connectivity index (χ3n) is 3.94. The highest BCUT2D eigenvalue weighted by Crippen LogP contribution is 2.26. The molecule has 0 radical (unpaired) electrons. The van der Waals surface area contributed by atoms with E-state index in [0.29, 0.717) is 5.56 Å². The molecule has 126 valence electrons. The number of methoxy groups -OCH3 is 1. The molecule has 0 saturated carbocycles. The number of esters is 1. The minimum atomic E-state index is -0.349. The number of ether oxygens (including phenoxy) is 1. The summed E-state index contributed by atoms with van der Waals surface area (Å²) in [6, 6.07) is 27.1. The molecule has 1 unspecified atom stereocenters. The van der Waals surface area contributed by atoms with Gasteiger partial charge in [0.1, 0.15) is 0 Å². The molecule has 0 saturated heterocycles. The number of carbonyl (C=O) groups excluding carboxylic acids is 1. The van der Waals surface area contributed by atoms with Gasteiger partial charge in [-0.3, -0.25) is 0 Å². The molecule has 0 spiro atoms. The summed E-state index contributed by atoms with van der Waals surface area (Å²) in [5, 5.41) is 0. The van der Waals surface area contributed by atoms with E-state index in [4.69, 9.17) is 4.74 Å². The molecule has 1 atom stereocenters. The van der Waals surface area contributed by atoms with Crippen LogP contribution in [0.4, 0.5) is 5.69 Å². The minimum Gasteiger partial charge on any atom is -0.465 e. The van der Waals surface area contributed by atoms with Crippen molar-refractivity contribution in [2.24, 2.45) is 0 Å². The fourth-order valence-corrected chi connectivity index (χ4v) is 2.71. The van der Waals surface area contributed by atoms with Crippen molar-refractivity contribution >= 4 is 11.7 Å². The van der Waals surface area contributed by atoms with Gasteiger partial charge in [0.2, 0.25) is 0 Å². The second kappa shape index (κ2) is 8.13. The maximum absolute atomic E-state index is 12.2. The van der Waals surface area contributed by atoms with E-state index in [0.717, 1.165) is 16.8 Å². The summed E-state index contributed by atoms with van der Waals surface area (Å²) >= 11 is 0. The van der Waals surface area contributed by atoms with Crippen LogP contribution in [0.2, 0.25) is 0 Å². The first kappa shape index (κ1) is 16.7. The van der Waals surface area contributed by atoms with E-state index in [1.54, 1.807) is 6.07 Å². The van der Waals surface area contributed by atoms with E-state index >= 15 is 0 Å². The Labute approximate surface area is 147 Å². The number of carbonyl (C=O) groups is 1. The molecule has 0 aliphatic rings. The quantitative estimate of drug-likeness (QED) is 0.525. The summed E-state index contributed by atoms with van der Waals surface area (Å²) in [5.74, 6) is -0.349. The van der Waals surface area contributed by atoms with E-state index < -0.39 is 0 Å². The minimum absolute atomic E-state index is 0.211. The molecule has 25 heavy (non-hydrogen) atoms. The van der Waals surface area contributed by atoms with E-state index in [9.17, 15) is 4.79 Å². The van der Waals surface area contributed by atoms with E-state index in [1.807, 2.05) is 78.9 Å². The molecule has 0 bridgehead atoms. The normalized spacial score (nSPS) is 11.6. The van der Waals surface area contributed by atoms with Crippen molar-refractivity contribution in [1.29, 1.82) is 0 Å². The summed E-state index contributed by atoms with van der Waals surface area (Å²) < 4.78 is 4.94. The van der Waals surface area contributed by atoms with E-state index in [1.165, 1.54) is 7.11 Å². The summed E-state index contributed by atoms with van der Waals surface area (Å²) in [6.07, 6.45) is 0. The highest BCUT2D eigenvalue weighted by molar-refractivity contribution is 5.91. The zero-order valence-electron chi connectivity index (χ0n) is 14.0. The first-order chi connectivity index (χ1) is 12.3. The lowest BCUT2D eigenvalue weighted by Crippen LogP contribution is -2.29. The third-order valence-corrected chi connectivity index (χ3v) is 3.94. The van der Waals surface area contributed by atoms with Crippen LogP contribution in [0.3, 0.4) is 0 Å². The first-order valence-electron chi connectivity index (χ1n) is 8.08. The van der Waals surface area contributed by atoms with Crippen molar-refractivity contribution in [3.8, 4) is 0 Å². The van der Waals surface area contributed by atoms with Gasteiger partial charge in [0.15, 0.2) is 0 Å². The molecule has 0 amide bonds. The molecule has 0 aromatic heterocycles. The monoisotopic (exact) mass is 332 g/mol. The molecule has 3 rings (SSSR count). The van der Waals surface area contributed by atoms with Crippen LogP contribution in [0.1, 0.15) is 27.5 Å². The maximum Gasteiger partial charge on any atom is 0.338 e. The van der Waals surface area contributed by atoms with Crippen LogP contribution in [0, 0.1) is 0 Å². The molecule has 0 fully saturated rings. The van der Waals surface area contributed by atoms with Crippen molar-refractivity contribution < 1.29 is 9.53 Å². The van der Waals surface area contributed by atoms with Crippen molar-refractivity contribution in [2.75, 3.05) is 12.5 Å². The van der Waals surface area contributed by atoms with Gasteiger partial charge in [-0.15, -0.1) is 0 Å². The summed E-state index contributed by atoms with van der Waals surface area (Å²) in [7, 11) is 1.40. The van der Waals surface area contributed by atoms with Gasteiger partial charge >= 0.3 is 5.97 Å². The predicted molar refractivity (Wildman–Crippen MR) is 99.3 cm³/mol. The maximum atomic E-state index is 12.2. The molecule has 3 aromatic carbocycles. The second-order valence-electron chi connectivity index (χ2n) is 5.56. The summed E-state index contributed by atoms with van der Waals surface area (Å²) in [4.78, 5) is 12.2. The van der Waals surface area contributed by atoms with Gasteiger partial charge < -0.3 is 10.2 Å². The van der Waals surface area contributed by atoms with Gasteiger partial charge in [0.05, 0.1) is 18.7 Å². The highest BCUT2D eigenvalue weighted by Gasteiger charge is 2.20. The van der Waals surface area contributed by atoms with Crippen LogP contribution in [-0.4, -0.2) is 13.1 Å². The number of hydrazine groups is 1. The zero-order valence-corrected chi connectivity index (χ0v) is 14.0. The molecule has 4 heteroatoms. The Kier molecular flexibility index (Phi) is 5.44. The number of benzene rings is 3. The lowest BCUT2D eigenvalue weighted by Gasteiger charge is -2.23. The van der Waals surface area contributed by atoms with Gasteiger partial charge in [-0.25, -0.2) is 10.2 Å². The molecule has 0 aliphatic carbocycles. The standard InChI is InChI=1S/C21H20N2O2/c1-25-21(24)19-15-9-8-14-18(19)20(16-10-4-2-5-11-16)23-22-17-12-6-3-7-13-17/h2-15,20,22-23H,1H3. The molecular weight excluding hydrogens is 312 g/mol. The van der Waals surface area contributed by atoms with Crippen molar-refractivity contribution in [2.45, 2.75) is 6.04 Å². The highest BCUT2D eigenvalue weighted by atomic mass is 16.5. The number of nitrogens with one attached hydrogen (secondary N) is 2. The predicted octanol–water partition coefficient (Wildman–Crippen LogP) is 4.18. The molecule has 3 aromatic rings. The fraction of sp³-hybridized carbons (Fsp3) is 0.0952. The van der Waals surface area contributed by atoms with Crippen molar-refractivity contribution in [3.05, 3.63) is 102 Å². The van der Waals surface area contributed by atoms with Crippen LogP contribution < -0.4 is 10.9 Å². The molecule has 0 aliphatic heterocycles. The average Bonchev–Trinajstić information content (AvgIpc) is 2.69. The smallest absolute Gasteiger partial charge is 0.338 e. The second-order valence-corrected chi connectivity index (χ2v) is 5.56. The number of para-hydroxylation sites is 1. The van der Waals surface area contributed by atoms with Gasteiger partial charge in [-0.2, -0.15) is 0 Å². The van der Waals surface area contributed by atoms with Gasteiger partial charge in [0.25, 0.3) is 0 Å². The number of rotatable bonds is 6. The van der Waals surface area contributed by atoms with Crippen LogP contribution in [0.25, 0.3) is 0 Å². The third kappa shape index (κ3) is 4.05. The Morgan fingerprint density at radius 1 is 0.840 bits per heavy atom. The zero-order chi connectivity index (χ0) is 17.5. The number of hydrogen-bond donors (Lipinski definition) is 2. The largest absolute Gasteiger partial charge is 0.465 e. The van der Waals surface area contributed by atoms with Crippen LogP contribution >= 0.6 is 0 Å². The lowest BCUT2D eigenvalue weighted by molar-refractivity contribution is 0.0599. The van der Waals surface area contributed by atoms with Crippen LogP contribution in [0.15, 0.2) is 84.9 Å². The van der Waals surface area contributed by atoms with E-state index in [-0.39, 0.29) is 12.0 Å². The molecule has 0 heterocycles. The van der Waals surface area contributed by atoms with Crippen LogP contribution in [0.5, 0.6) is 0 Å². The number of hydrogen-bond acceptors (Lipinski definition) is 4. The Bertz CT molecular complexity index is 820. The van der Waals surface area contributed by atoms with Gasteiger partial charge in [-0.1, -0.05) is 66.7 Å². The lowest BCUT2D eigenvalue weighted by atomic mass is 9.95. The number of anilines is 1. The molecular formula is C21H20N2O2. The Balaban J connectivity index is 1.96. The van der Waals surface area contributed by atoms with E-state index in [2.05, 4.69) is 10.9 Å². The summed E-state index contributed by atoms with van der Waals surface area (Å²) in [5.41, 5.74) is 9.93. The average molecular weight is 332 g/mol. The Hall–Kier alpha value is -3.11. The van der Waals surface area contributed by atoms with Gasteiger partial charge in [-0.05, 0) is 29.3 Å².